The normalized spacial score (nSPS) is 13.4. The van der Waals surface area contributed by atoms with Crippen LogP contribution in [0.2, 0.25) is 0 Å². The van der Waals surface area contributed by atoms with Crippen LogP contribution in [0, 0.1) is 11.3 Å². The largest absolute Gasteiger partial charge is 0.459 e. The van der Waals surface area contributed by atoms with Gasteiger partial charge in [-0.05, 0) is 32.4 Å². The fourth-order valence-electron chi connectivity index (χ4n) is 1.39. The van der Waals surface area contributed by atoms with Crippen molar-refractivity contribution in [2.45, 2.75) is 38.5 Å². The van der Waals surface area contributed by atoms with Crippen LogP contribution in [0.3, 0.4) is 0 Å². The highest BCUT2D eigenvalue weighted by molar-refractivity contribution is 5.81. The van der Waals surface area contributed by atoms with Gasteiger partial charge in [0.2, 0.25) is 0 Å². The van der Waals surface area contributed by atoms with Crippen LogP contribution in [-0.2, 0) is 15.7 Å². The van der Waals surface area contributed by atoms with E-state index in [0.717, 1.165) is 12.3 Å². The van der Waals surface area contributed by atoms with E-state index in [0.29, 0.717) is 6.20 Å². The number of pyridine rings is 1. The van der Waals surface area contributed by atoms with Crippen LogP contribution >= 0.6 is 0 Å². The summed E-state index contributed by atoms with van der Waals surface area (Å²) in [4.78, 5) is 15.2. The minimum absolute atomic E-state index is 0.142. The van der Waals surface area contributed by atoms with Crippen molar-refractivity contribution in [2.24, 2.45) is 0 Å². The lowest BCUT2D eigenvalue weighted by molar-refractivity contribution is -0.155. The predicted octanol–water partition coefficient (Wildman–Crippen LogP) is 3.05. The van der Waals surface area contributed by atoms with Crippen molar-refractivity contribution in [3.05, 3.63) is 29.6 Å². The average molecular weight is 286 g/mol. The summed E-state index contributed by atoms with van der Waals surface area (Å²) in [5.74, 6) is -2.34. The molecule has 0 spiro atoms. The van der Waals surface area contributed by atoms with Gasteiger partial charge in [-0.1, -0.05) is 0 Å². The fourth-order valence-corrected chi connectivity index (χ4v) is 1.39. The Hall–Kier alpha value is -2.10. The molecule has 0 amide bonds. The summed E-state index contributed by atoms with van der Waals surface area (Å²) in [5, 5.41) is 8.98. The van der Waals surface area contributed by atoms with Crippen molar-refractivity contribution in [3.8, 4) is 6.07 Å². The molecule has 1 unspecified atom stereocenters. The van der Waals surface area contributed by atoms with Gasteiger partial charge in [0.1, 0.15) is 5.60 Å². The van der Waals surface area contributed by atoms with Gasteiger partial charge in [0.25, 0.3) is 0 Å². The molecule has 1 aromatic heterocycles. The molecule has 0 radical (unpaired) electrons. The molecule has 1 aromatic rings. The average Bonchev–Trinajstić information content (AvgIpc) is 2.26. The molecule has 0 N–H and O–H groups in total. The molecule has 7 heteroatoms. The van der Waals surface area contributed by atoms with E-state index in [1.54, 1.807) is 26.8 Å². The zero-order valence-electron chi connectivity index (χ0n) is 11.2. The smallest absolute Gasteiger partial charge is 0.417 e. The molecule has 1 atom stereocenters. The Morgan fingerprint density at radius 2 is 1.95 bits per heavy atom. The molecule has 0 fully saturated rings. The topological polar surface area (TPSA) is 63.0 Å². The van der Waals surface area contributed by atoms with E-state index in [-0.39, 0.29) is 5.56 Å². The number of nitriles is 1. The second kappa shape index (κ2) is 5.49. The van der Waals surface area contributed by atoms with E-state index >= 15 is 0 Å². The van der Waals surface area contributed by atoms with Crippen LogP contribution in [0.1, 0.15) is 37.8 Å². The molecule has 0 aliphatic carbocycles. The van der Waals surface area contributed by atoms with Gasteiger partial charge in [-0.25, -0.2) is 0 Å². The van der Waals surface area contributed by atoms with Gasteiger partial charge in [0.15, 0.2) is 5.92 Å². The Kier molecular flexibility index (Phi) is 4.38. The van der Waals surface area contributed by atoms with Crippen molar-refractivity contribution in [1.82, 2.24) is 4.98 Å². The number of carbonyl (C=O) groups excluding carboxylic acids is 1. The summed E-state index contributed by atoms with van der Waals surface area (Å²) in [6.07, 6.45) is -2.91. The fraction of sp³-hybridized carbons (Fsp3) is 0.462. The molecule has 1 heterocycles. The zero-order valence-corrected chi connectivity index (χ0v) is 11.2. The van der Waals surface area contributed by atoms with Crippen LogP contribution < -0.4 is 0 Å². The third-order valence-electron chi connectivity index (χ3n) is 2.19. The van der Waals surface area contributed by atoms with Crippen molar-refractivity contribution < 1.29 is 22.7 Å². The first-order valence-corrected chi connectivity index (χ1v) is 5.69. The number of halogens is 3. The number of nitrogens with zero attached hydrogens (tertiary/aromatic N) is 2. The zero-order chi connectivity index (χ0) is 15.6. The first-order chi connectivity index (χ1) is 9.04. The number of hydrogen-bond donors (Lipinski definition) is 0. The van der Waals surface area contributed by atoms with E-state index in [2.05, 4.69) is 4.98 Å². The highest BCUT2D eigenvalue weighted by Crippen LogP contribution is 2.30. The summed E-state index contributed by atoms with van der Waals surface area (Å²) in [7, 11) is 0. The first kappa shape index (κ1) is 16.0. The van der Waals surface area contributed by atoms with Gasteiger partial charge >= 0.3 is 12.1 Å². The number of rotatable bonds is 2. The van der Waals surface area contributed by atoms with E-state index < -0.39 is 29.2 Å². The minimum atomic E-state index is -4.59. The molecule has 0 bridgehead atoms. The standard InChI is InChI=1S/C13H13F3N2O2/c1-12(2,3)20-11(19)10(5-17)8-4-9(7-18-6-8)13(14,15)16/h4,6-7,10H,1-3H3. The molecule has 0 aliphatic rings. The Labute approximate surface area is 114 Å². The van der Waals surface area contributed by atoms with Crippen molar-refractivity contribution in [3.63, 3.8) is 0 Å². The minimum Gasteiger partial charge on any atom is -0.459 e. The molecule has 0 aromatic carbocycles. The number of alkyl halides is 3. The van der Waals surface area contributed by atoms with Crippen molar-refractivity contribution in [1.29, 1.82) is 5.26 Å². The molecule has 0 saturated heterocycles. The maximum Gasteiger partial charge on any atom is 0.417 e. The Morgan fingerprint density at radius 1 is 1.35 bits per heavy atom. The van der Waals surface area contributed by atoms with E-state index in [4.69, 9.17) is 10.00 Å². The van der Waals surface area contributed by atoms with E-state index in [1.807, 2.05) is 0 Å². The lowest BCUT2D eigenvalue weighted by atomic mass is 10.0. The SMILES string of the molecule is CC(C)(C)OC(=O)C(C#N)c1cncc(C(F)(F)F)c1. The summed E-state index contributed by atoms with van der Waals surface area (Å²) in [6, 6.07) is 2.36. The quantitative estimate of drug-likeness (QED) is 0.784. The highest BCUT2D eigenvalue weighted by atomic mass is 19.4. The van der Waals surface area contributed by atoms with Crippen LogP contribution in [0.15, 0.2) is 18.5 Å². The highest BCUT2D eigenvalue weighted by Gasteiger charge is 2.33. The van der Waals surface area contributed by atoms with Crippen LogP contribution in [0.25, 0.3) is 0 Å². The molecule has 4 nitrogen and oxygen atoms in total. The first-order valence-electron chi connectivity index (χ1n) is 5.69. The lowest BCUT2D eigenvalue weighted by Crippen LogP contribution is -2.27. The Balaban J connectivity index is 3.09. The van der Waals surface area contributed by atoms with E-state index in [9.17, 15) is 18.0 Å². The van der Waals surface area contributed by atoms with Crippen molar-refractivity contribution >= 4 is 5.97 Å². The summed E-state index contributed by atoms with van der Waals surface area (Å²) < 4.78 is 42.7. The molecule has 108 valence electrons. The molecule has 1 rings (SSSR count). The van der Waals surface area contributed by atoms with Gasteiger partial charge in [-0.2, -0.15) is 18.4 Å². The van der Waals surface area contributed by atoms with Crippen LogP contribution in [0.5, 0.6) is 0 Å². The molecular formula is C13H13F3N2O2. The number of carbonyl (C=O) groups is 1. The maximum absolute atomic E-state index is 12.6. The number of ether oxygens (including phenoxy) is 1. The van der Waals surface area contributed by atoms with Crippen LogP contribution in [0.4, 0.5) is 13.2 Å². The second-order valence-corrected chi connectivity index (χ2v) is 5.10. The summed E-state index contributed by atoms with van der Waals surface area (Å²) >= 11 is 0. The molecule has 0 aliphatic heterocycles. The maximum atomic E-state index is 12.6. The number of esters is 1. The van der Waals surface area contributed by atoms with E-state index in [1.165, 1.54) is 0 Å². The van der Waals surface area contributed by atoms with Crippen molar-refractivity contribution in [2.75, 3.05) is 0 Å². The summed E-state index contributed by atoms with van der Waals surface area (Å²) in [5.41, 5.74) is -1.99. The molecule has 20 heavy (non-hydrogen) atoms. The molecular weight excluding hydrogens is 273 g/mol. The van der Waals surface area contributed by atoms with Gasteiger partial charge in [-0.15, -0.1) is 0 Å². The predicted molar refractivity (Wildman–Crippen MR) is 63.4 cm³/mol. The molecule has 0 saturated carbocycles. The Bertz CT molecular complexity index is 542. The van der Waals surface area contributed by atoms with Crippen LogP contribution in [-0.4, -0.2) is 16.6 Å². The van der Waals surface area contributed by atoms with Gasteiger partial charge in [0, 0.05) is 12.4 Å². The second-order valence-electron chi connectivity index (χ2n) is 5.10. The number of aromatic nitrogens is 1. The third-order valence-corrected chi connectivity index (χ3v) is 2.19. The van der Waals surface area contributed by atoms with Gasteiger partial charge < -0.3 is 4.74 Å². The summed E-state index contributed by atoms with van der Waals surface area (Å²) in [6.45, 7) is 4.80. The Morgan fingerprint density at radius 3 is 2.40 bits per heavy atom. The number of hydrogen-bond acceptors (Lipinski definition) is 4. The van der Waals surface area contributed by atoms with Gasteiger partial charge in [-0.3, -0.25) is 9.78 Å². The third kappa shape index (κ3) is 4.23. The lowest BCUT2D eigenvalue weighted by Gasteiger charge is -2.21. The monoisotopic (exact) mass is 286 g/mol. The van der Waals surface area contributed by atoms with Gasteiger partial charge in [0.05, 0.1) is 11.6 Å².